The van der Waals surface area contributed by atoms with E-state index in [9.17, 15) is 0 Å². The van der Waals surface area contributed by atoms with Gasteiger partial charge in [-0.05, 0) is 6.92 Å². The van der Waals surface area contributed by atoms with Crippen LogP contribution in [0.15, 0.2) is 12.2 Å². The fraction of sp³-hybridized carbons (Fsp3) is 0.750. The van der Waals surface area contributed by atoms with Crippen molar-refractivity contribution in [2.45, 2.75) is 39.7 Å². The lowest BCUT2D eigenvalue weighted by molar-refractivity contribution is 1.28. The molecule has 0 aromatic heterocycles. The summed E-state index contributed by atoms with van der Waals surface area (Å²) in [4.78, 5) is 0. The van der Waals surface area contributed by atoms with Crippen LogP contribution in [-0.2, 0) is 0 Å². The van der Waals surface area contributed by atoms with Gasteiger partial charge in [0, 0.05) is 0 Å². The van der Waals surface area contributed by atoms with E-state index < -0.39 is 0 Å². The van der Waals surface area contributed by atoms with Gasteiger partial charge in [0.1, 0.15) is 6.71 Å². The van der Waals surface area contributed by atoms with Gasteiger partial charge >= 0.3 is 0 Å². The molecule has 0 saturated heterocycles. The average Bonchev–Trinajstić information content (AvgIpc) is 1.91. The third-order valence-corrected chi connectivity index (χ3v) is 1.86. The molecule has 0 unspecified atom stereocenters. The topological polar surface area (TPSA) is 0 Å². The summed E-state index contributed by atoms with van der Waals surface area (Å²) >= 11 is 0. The first-order valence-electron chi connectivity index (χ1n) is 3.96. The summed E-state index contributed by atoms with van der Waals surface area (Å²) in [6.07, 6.45) is 8.31. The fourth-order valence-electron chi connectivity index (χ4n) is 0.951. The van der Waals surface area contributed by atoms with Gasteiger partial charge in [-0.2, -0.15) is 0 Å². The monoisotopic (exact) mass is 124 g/mol. The second kappa shape index (κ2) is 5.93. The Hall–Kier alpha value is -0.195. The molecule has 0 aromatic rings. The predicted octanol–water partition coefficient (Wildman–Crippen LogP) is 3.10. The molecule has 0 amide bonds. The molecule has 0 aromatic carbocycles. The minimum absolute atomic E-state index is 0.918. The molecule has 0 aliphatic rings. The number of rotatable bonds is 4. The van der Waals surface area contributed by atoms with Crippen LogP contribution < -0.4 is 0 Å². The summed E-state index contributed by atoms with van der Waals surface area (Å²) in [5.41, 5.74) is 0. The Morgan fingerprint density at radius 1 is 1.22 bits per heavy atom. The zero-order chi connectivity index (χ0) is 7.11. The Kier molecular flexibility index (Phi) is 5.80. The maximum Gasteiger partial charge on any atom is 0.143 e. The van der Waals surface area contributed by atoms with Crippen molar-refractivity contribution in [3.05, 3.63) is 12.2 Å². The van der Waals surface area contributed by atoms with E-state index in [0.717, 1.165) is 6.71 Å². The molecule has 1 heteroatoms. The Morgan fingerprint density at radius 2 is 1.78 bits per heavy atom. The highest BCUT2D eigenvalue weighted by molar-refractivity contribution is 6.59. The van der Waals surface area contributed by atoms with Crippen LogP contribution in [0.5, 0.6) is 0 Å². The number of hydrogen-bond acceptors (Lipinski definition) is 0. The Bertz CT molecular complexity index is 72.6. The van der Waals surface area contributed by atoms with Crippen molar-refractivity contribution in [2.24, 2.45) is 0 Å². The van der Waals surface area contributed by atoms with E-state index in [1.54, 1.807) is 0 Å². The van der Waals surface area contributed by atoms with Crippen molar-refractivity contribution >= 4 is 6.71 Å². The van der Waals surface area contributed by atoms with Crippen molar-refractivity contribution in [3.8, 4) is 0 Å². The summed E-state index contributed by atoms with van der Waals surface area (Å²) < 4.78 is 0. The molecule has 52 valence electrons. The standard InChI is InChI=1S/C8H17B/c1-4-7-8-9(5-2)6-3/h4,7H,5-6,8H2,1-3H3/b7-4+. The van der Waals surface area contributed by atoms with Gasteiger partial charge < -0.3 is 0 Å². The highest BCUT2D eigenvalue weighted by Gasteiger charge is 2.03. The van der Waals surface area contributed by atoms with Gasteiger partial charge in [0.25, 0.3) is 0 Å². The van der Waals surface area contributed by atoms with Crippen LogP contribution in [0.3, 0.4) is 0 Å². The van der Waals surface area contributed by atoms with E-state index >= 15 is 0 Å². The first-order valence-corrected chi connectivity index (χ1v) is 3.96. The largest absolute Gasteiger partial charge is 0.143 e. The van der Waals surface area contributed by atoms with Crippen LogP contribution >= 0.6 is 0 Å². The smallest absolute Gasteiger partial charge is 0.0960 e. The molecule has 0 rings (SSSR count). The summed E-state index contributed by atoms with van der Waals surface area (Å²) in [5, 5.41) is 0. The van der Waals surface area contributed by atoms with E-state index in [2.05, 4.69) is 32.9 Å². The quantitative estimate of drug-likeness (QED) is 0.399. The van der Waals surface area contributed by atoms with E-state index in [4.69, 9.17) is 0 Å². The van der Waals surface area contributed by atoms with Crippen LogP contribution in [-0.4, -0.2) is 6.71 Å². The predicted molar refractivity (Wildman–Crippen MR) is 46.3 cm³/mol. The maximum absolute atomic E-state index is 2.26. The third-order valence-electron chi connectivity index (χ3n) is 1.86. The minimum Gasteiger partial charge on any atom is -0.0960 e. The van der Waals surface area contributed by atoms with Crippen LogP contribution in [0.2, 0.25) is 19.0 Å². The van der Waals surface area contributed by atoms with E-state index in [-0.39, 0.29) is 0 Å². The third kappa shape index (κ3) is 4.32. The second-order valence-corrected chi connectivity index (χ2v) is 2.49. The van der Waals surface area contributed by atoms with E-state index in [0.29, 0.717) is 0 Å². The fourth-order valence-corrected chi connectivity index (χ4v) is 0.951. The molecule has 0 heterocycles. The average molecular weight is 124 g/mol. The van der Waals surface area contributed by atoms with Gasteiger partial charge in [-0.15, -0.1) is 0 Å². The normalized spacial score (nSPS) is 10.6. The SMILES string of the molecule is C/C=C/CB(CC)CC. The zero-order valence-corrected chi connectivity index (χ0v) is 6.85. The van der Waals surface area contributed by atoms with Gasteiger partial charge in [-0.3, -0.25) is 0 Å². The zero-order valence-electron chi connectivity index (χ0n) is 6.85. The highest BCUT2D eigenvalue weighted by atomic mass is 13.7. The molecule has 0 saturated carbocycles. The Labute approximate surface area is 59.4 Å². The van der Waals surface area contributed by atoms with Gasteiger partial charge in [0.2, 0.25) is 0 Å². The maximum atomic E-state index is 2.26. The van der Waals surface area contributed by atoms with Gasteiger partial charge in [-0.25, -0.2) is 0 Å². The van der Waals surface area contributed by atoms with Crippen molar-refractivity contribution in [2.75, 3.05) is 0 Å². The lowest BCUT2D eigenvalue weighted by atomic mass is 9.43. The summed E-state index contributed by atoms with van der Waals surface area (Å²) in [5.74, 6) is 0. The molecule has 9 heavy (non-hydrogen) atoms. The van der Waals surface area contributed by atoms with E-state index in [1.807, 2.05) is 0 Å². The van der Waals surface area contributed by atoms with E-state index in [1.165, 1.54) is 19.0 Å². The Morgan fingerprint density at radius 3 is 2.11 bits per heavy atom. The van der Waals surface area contributed by atoms with Gasteiger partial charge in [0.15, 0.2) is 0 Å². The molecular weight excluding hydrogens is 107 g/mol. The molecule has 0 aliphatic heterocycles. The second-order valence-electron chi connectivity index (χ2n) is 2.49. The minimum atomic E-state index is 0.918. The molecule has 0 spiro atoms. The first-order chi connectivity index (χ1) is 4.35. The molecule has 0 fully saturated rings. The van der Waals surface area contributed by atoms with Crippen molar-refractivity contribution < 1.29 is 0 Å². The summed E-state index contributed by atoms with van der Waals surface area (Å²) in [7, 11) is 0. The summed E-state index contributed by atoms with van der Waals surface area (Å²) in [6, 6.07) is 0. The number of allylic oxidation sites excluding steroid dienone is 2. The first kappa shape index (κ1) is 8.80. The van der Waals surface area contributed by atoms with Crippen LogP contribution in [0.1, 0.15) is 20.8 Å². The van der Waals surface area contributed by atoms with Gasteiger partial charge in [0.05, 0.1) is 0 Å². The highest BCUT2D eigenvalue weighted by Crippen LogP contribution is 2.04. The van der Waals surface area contributed by atoms with Crippen LogP contribution in [0, 0.1) is 0 Å². The molecule has 0 radical (unpaired) electrons. The number of hydrogen-bond donors (Lipinski definition) is 0. The van der Waals surface area contributed by atoms with Gasteiger partial charge in [-0.1, -0.05) is 45.0 Å². The van der Waals surface area contributed by atoms with Crippen LogP contribution in [0.25, 0.3) is 0 Å². The molecule has 0 atom stereocenters. The molecule has 0 aliphatic carbocycles. The Balaban J connectivity index is 3.31. The lowest BCUT2D eigenvalue weighted by Gasteiger charge is -2.02. The van der Waals surface area contributed by atoms with Crippen molar-refractivity contribution in [3.63, 3.8) is 0 Å². The molecule has 0 N–H and O–H groups in total. The molecule has 0 bridgehead atoms. The van der Waals surface area contributed by atoms with Crippen molar-refractivity contribution in [1.82, 2.24) is 0 Å². The summed E-state index contributed by atoms with van der Waals surface area (Å²) in [6.45, 7) is 7.53. The van der Waals surface area contributed by atoms with Crippen LogP contribution in [0.4, 0.5) is 0 Å². The molecular formula is C8H17B. The van der Waals surface area contributed by atoms with Crippen molar-refractivity contribution in [1.29, 1.82) is 0 Å². The lowest BCUT2D eigenvalue weighted by Crippen LogP contribution is -2.05. The molecule has 0 nitrogen and oxygen atoms in total.